The first-order valence-corrected chi connectivity index (χ1v) is 14.1. The summed E-state index contributed by atoms with van der Waals surface area (Å²) in [5.41, 5.74) is 5.61. The normalized spacial score (nSPS) is 17.8. The first-order valence-electron chi connectivity index (χ1n) is 9.21. The van der Waals surface area contributed by atoms with Crippen molar-refractivity contribution in [2.45, 2.75) is 38.8 Å². The van der Waals surface area contributed by atoms with E-state index >= 15 is 0 Å². The third-order valence-corrected chi connectivity index (χ3v) is 4.32. The van der Waals surface area contributed by atoms with Gasteiger partial charge in [0.25, 0.3) is 0 Å². The minimum atomic E-state index is 0. The van der Waals surface area contributed by atoms with Crippen molar-refractivity contribution in [3.05, 3.63) is 95.1 Å². The SMILES string of the molecule is CC1C=CC=Cc2[cH-]ccc21.CC1C=CC=Cc2[cH-]ccc21.C[Si](C)=[Ti+2].[Cl-].[Cl-]. The standard InChI is InChI=1S/2C11H11.C2H6Si.2ClH.Ti/c2*1-9-5-2-3-6-10-7-4-8-11(9)10;1-3-2;;;/h2*2-9H,1H3;1-2H3;2*1H;/q2*-1;;;;+2/p-2. The van der Waals surface area contributed by atoms with Gasteiger partial charge in [-0.1, -0.05) is 38.2 Å². The molecule has 2 aliphatic rings. The zero-order valence-electron chi connectivity index (χ0n) is 17.0. The Balaban J connectivity index is 0.000000415. The molecular formula is C24H28Cl2SiTi-2. The second-order valence-electron chi connectivity index (χ2n) is 6.94. The maximum Gasteiger partial charge on any atom is -1.00 e. The number of fused-ring (bicyclic) bond motifs is 2. The molecule has 0 saturated carbocycles. The molecule has 0 heterocycles. The molecule has 4 rings (SSSR count). The molecule has 0 aliphatic heterocycles. The zero-order valence-corrected chi connectivity index (χ0v) is 21.1. The first kappa shape index (κ1) is 27.2. The number of hydrogen-bond donors (Lipinski definition) is 0. The van der Waals surface area contributed by atoms with E-state index in [0.29, 0.717) is 11.8 Å². The van der Waals surface area contributed by atoms with Gasteiger partial charge in [0.15, 0.2) is 0 Å². The molecule has 2 aliphatic carbocycles. The number of halogens is 2. The van der Waals surface area contributed by atoms with Crippen LogP contribution in [0.15, 0.2) is 72.9 Å². The molecule has 0 aromatic heterocycles. The van der Waals surface area contributed by atoms with Gasteiger partial charge in [-0.3, -0.25) is 0 Å². The molecule has 0 radical (unpaired) electrons. The van der Waals surface area contributed by atoms with Crippen LogP contribution in [-0.4, -0.2) is 6.19 Å². The summed E-state index contributed by atoms with van der Waals surface area (Å²) in [4.78, 5) is 0. The van der Waals surface area contributed by atoms with Crippen molar-refractivity contribution in [3.63, 3.8) is 0 Å². The van der Waals surface area contributed by atoms with Crippen LogP contribution in [-0.2, 0) is 19.2 Å². The average molecular weight is 463 g/mol. The van der Waals surface area contributed by atoms with Crippen LogP contribution in [0, 0.1) is 0 Å². The summed E-state index contributed by atoms with van der Waals surface area (Å²) in [6.45, 7) is 8.99. The summed E-state index contributed by atoms with van der Waals surface area (Å²) in [5.74, 6) is 1.13. The number of hydrogen-bond acceptors (Lipinski definition) is 0. The number of rotatable bonds is 0. The average Bonchev–Trinajstić information content (AvgIpc) is 3.18. The van der Waals surface area contributed by atoms with Crippen LogP contribution in [0.1, 0.15) is 47.9 Å². The summed E-state index contributed by atoms with van der Waals surface area (Å²) < 4.78 is 0. The number of allylic oxidation sites excluding steroid dienone is 6. The van der Waals surface area contributed by atoms with Crippen LogP contribution < -0.4 is 24.8 Å². The molecule has 0 fully saturated rings. The fourth-order valence-corrected chi connectivity index (χ4v) is 3.02. The minimum Gasteiger partial charge on any atom is -1.00 e. The fourth-order valence-electron chi connectivity index (χ4n) is 3.02. The molecule has 4 heteroatoms. The van der Waals surface area contributed by atoms with Gasteiger partial charge in [-0.25, -0.2) is 0 Å². The Morgan fingerprint density at radius 3 is 1.46 bits per heavy atom. The van der Waals surface area contributed by atoms with Crippen molar-refractivity contribution in [1.29, 1.82) is 0 Å². The molecule has 0 N–H and O–H groups in total. The van der Waals surface area contributed by atoms with E-state index < -0.39 is 0 Å². The quantitative estimate of drug-likeness (QED) is 0.404. The molecule has 2 unspecified atom stereocenters. The second kappa shape index (κ2) is 14.2. The van der Waals surface area contributed by atoms with E-state index in [1.165, 1.54) is 22.3 Å². The van der Waals surface area contributed by atoms with Crippen LogP contribution in [0.25, 0.3) is 12.2 Å². The maximum atomic E-state index is 2.27. The Morgan fingerprint density at radius 1 is 0.750 bits per heavy atom. The third-order valence-electron chi connectivity index (χ3n) is 4.32. The Hall–Kier alpha value is -0.829. The minimum absolute atomic E-state index is 0. The Kier molecular flexibility index (Phi) is 13.8. The molecule has 0 saturated heterocycles. The van der Waals surface area contributed by atoms with Crippen molar-refractivity contribution in [1.82, 2.24) is 0 Å². The van der Waals surface area contributed by atoms with Crippen molar-refractivity contribution < 1.29 is 44.0 Å². The van der Waals surface area contributed by atoms with E-state index in [-0.39, 0.29) is 31.0 Å². The van der Waals surface area contributed by atoms with Crippen LogP contribution in [0.5, 0.6) is 0 Å². The van der Waals surface area contributed by atoms with Crippen LogP contribution >= 0.6 is 0 Å². The molecule has 0 nitrogen and oxygen atoms in total. The Labute approximate surface area is 195 Å². The molecule has 2 aromatic carbocycles. The first-order chi connectivity index (χ1) is 12.5. The van der Waals surface area contributed by atoms with Gasteiger partial charge in [0.05, 0.1) is 0 Å². The van der Waals surface area contributed by atoms with E-state index in [1.54, 1.807) is 0 Å². The van der Waals surface area contributed by atoms with E-state index in [4.69, 9.17) is 0 Å². The zero-order chi connectivity index (χ0) is 18.9. The summed E-state index contributed by atoms with van der Waals surface area (Å²) in [5, 5.41) is 0. The van der Waals surface area contributed by atoms with Gasteiger partial charge in [-0.2, -0.15) is 46.5 Å². The van der Waals surface area contributed by atoms with Crippen LogP contribution in [0.3, 0.4) is 0 Å². The maximum absolute atomic E-state index is 2.27. The third kappa shape index (κ3) is 8.68. The second-order valence-corrected chi connectivity index (χ2v) is 13.6. The van der Waals surface area contributed by atoms with E-state index in [2.05, 4.69) is 131 Å². The Bertz CT molecular complexity index is 768. The molecule has 0 amide bonds. The van der Waals surface area contributed by atoms with Gasteiger partial charge >= 0.3 is 38.5 Å². The smallest absolute Gasteiger partial charge is 1.00 e. The van der Waals surface area contributed by atoms with Crippen molar-refractivity contribution in [3.8, 4) is 0 Å². The van der Waals surface area contributed by atoms with Crippen molar-refractivity contribution >= 4 is 18.3 Å². The predicted octanol–water partition coefficient (Wildman–Crippen LogP) is 0.976. The van der Waals surface area contributed by atoms with Gasteiger partial charge in [0.1, 0.15) is 0 Å². The van der Waals surface area contributed by atoms with E-state index in [9.17, 15) is 0 Å². The van der Waals surface area contributed by atoms with Gasteiger partial charge in [-0.05, 0) is 11.8 Å². The van der Waals surface area contributed by atoms with E-state index in [1.807, 2.05) is 0 Å². The van der Waals surface area contributed by atoms with Crippen LogP contribution in [0.2, 0.25) is 13.1 Å². The van der Waals surface area contributed by atoms with Gasteiger partial charge in [0, 0.05) is 0 Å². The van der Waals surface area contributed by atoms with Gasteiger partial charge in [-0.15, -0.1) is 36.4 Å². The van der Waals surface area contributed by atoms with E-state index in [0.717, 1.165) is 0 Å². The summed E-state index contributed by atoms with van der Waals surface area (Å²) in [6, 6.07) is 12.9. The molecule has 0 spiro atoms. The molecule has 0 bridgehead atoms. The molecule has 28 heavy (non-hydrogen) atoms. The predicted molar refractivity (Wildman–Crippen MR) is 115 cm³/mol. The summed E-state index contributed by atoms with van der Waals surface area (Å²) >= 11 is 2.27. The molecule has 2 atom stereocenters. The fraction of sp³-hybridized carbons (Fsp3) is 0.250. The Morgan fingerprint density at radius 2 is 1.11 bits per heavy atom. The van der Waals surface area contributed by atoms with Crippen molar-refractivity contribution in [2.24, 2.45) is 0 Å². The molecule has 148 valence electrons. The van der Waals surface area contributed by atoms with Gasteiger partial charge < -0.3 is 24.8 Å². The van der Waals surface area contributed by atoms with Gasteiger partial charge in [0.2, 0.25) is 0 Å². The monoisotopic (exact) mass is 462 g/mol. The topological polar surface area (TPSA) is 0 Å². The molecular weight excluding hydrogens is 435 g/mol. The summed E-state index contributed by atoms with van der Waals surface area (Å²) in [6.07, 6.45) is 17.3. The van der Waals surface area contributed by atoms with Crippen molar-refractivity contribution in [2.75, 3.05) is 0 Å². The van der Waals surface area contributed by atoms with Crippen LogP contribution in [0.4, 0.5) is 0 Å². The summed E-state index contributed by atoms with van der Waals surface area (Å²) in [7, 11) is 0. The molecule has 2 aromatic rings. The largest absolute Gasteiger partial charge is 1.00 e.